The molecule has 0 bridgehead atoms. The lowest BCUT2D eigenvalue weighted by molar-refractivity contribution is 0.601. The average Bonchev–Trinajstić information content (AvgIpc) is 2.94. The Kier molecular flexibility index (Phi) is 5.63. The van der Waals surface area contributed by atoms with Gasteiger partial charge in [0.2, 0.25) is 0 Å². The fraction of sp³-hybridized carbons (Fsp3) is 0.136. The molecule has 0 unspecified atom stereocenters. The molecule has 0 atom stereocenters. The van der Waals surface area contributed by atoms with Gasteiger partial charge >= 0.3 is 5.69 Å². The van der Waals surface area contributed by atoms with Crippen molar-refractivity contribution in [1.29, 1.82) is 0 Å². The Bertz CT molecular complexity index is 1440. The summed E-state index contributed by atoms with van der Waals surface area (Å²) in [5.41, 5.74) is 2.70. The molecule has 0 saturated heterocycles. The van der Waals surface area contributed by atoms with Crippen molar-refractivity contribution in [1.82, 2.24) is 9.13 Å². The van der Waals surface area contributed by atoms with Gasteiger partial charge in [-0.1, -0.05) is 41.1 Å². The largest absolute Gasteiger partial charge is 0.328 e. The van der Waals surface area contributed by atoms with E-state index in [1.807, 2.05) is 37.3 Å². The van der Waals surface area contributed by atoms with Gasteiger partial charge in [-0.05, 0) is 55.5 Å². The first-order chi connectivity index (χ1) is 14.7. The van der Waals surface area contributed by atoms with Gasteiger partial charge in [-0.2, -0.15) is 0 Å². The van der Waals surface area contributed by atoms with Crippen LogP contribution < -0.4 is 10.4 Å². The van der Waals surface area contributed by atoms with E-state index in [1.54, 1.807) is 24.7 Å². The molecule has 9 heteroatoms. The monoisotopic (exact) mass is 473 g/mol. The van der Waals surface area contributed by atoms with Crippen LogP contribution in [0.3, 0.4) is 0 Å². The first-order valence-corrected chi connectivity index (χ1v) is 12.1. The number of sulfonamides is 1. The van der Waals surface area contributed by atoms with E-state index in [0.717, 1.165) is 16.0 Å². The summed E-state index contributed by atoms with van der Waals surface area (Å²) in [6, 6.07) is 17.4. The molecule has 3 aromatic carbocycles. The van der Waals surface area contributed by atoms with Crippen LogP contribution in [0.2, 0.25) is 5.02 Å². The molecule has 31 heavy (non-hydrogen) atoms. The molecular weight excluding hydrogens is 454 g/mol. The van der Waals surface area contributed by atoms with Crippen LogP contribution in [0.5, 0.6) is 0 Å². The second kappa shape index (κ2) is 8.11. The van der Waals surface area contributed by atoms with E-state index in [1.165, 1.54) is 40.6 Å². The predicted molar refractivity (Wildman–Crippen MR) is 126 cm³/mol. The van der Waals surface area contributed by atoms with Crippen molar-refractivity contribution in [2.75, 3.05) is 4.72 Å². The van der Waals surface area contributed by atoms with Crippen molar-refractivity contribution < 1.29 is 8.42 Å². The molecule has 1 N–H and O–H groups in total. The lowest BCUT2D eigenvalue weighted by Crippen LogP contribution is -2.19. The molecule has 160 valence electrons. The SMILES string of the molecule is Cc1ccc(Sc2cc3c(cc2NS(=O)(=O)c2ccc(Cl)cc2)n(C)c(=O)n3C)cc1. The van der Waals surface area contributed by atoms with E-state index in [0.29, 0.717) is 21.1 Å². The van der Waals surface area contributed by atoms with Crippen LogP contribution in [-0.4, -0.2) is 17.6 Å². The number of nitrogens with one attached hydrogen (secondary N) is 1. The fourth-order valence-corrected chi connectivity index (χ4v) is 5.42. The summed E-state index contributed by atoms with van der Waals surface area (Å²) in [5, 5.41) is 0.454. The van der Waals surface area contributed by atoms with Gasteiger partial charge in [0.05, 0.1) is 21.6 Å². The number of aryl methyl sites for hydroxylation is 3. The average molecular weight is 474 g/mol. The van der Waals surface area contributed by atoms with Crippen molar-refractivity contribution in [2.45, 2.75) is 21.6 Å². The second-order valence-corrected chi connectivity index (χ2v) is 10.4. The van der Waals surface area contributed by atoms with E-state index >= 15 is 0 Å². The van der Waals surface area contributed by atoms with Crippen LogP contribution in [0.4, 0.5) is 5.69 Å². The van der Waals surface area contributed by atoms with Gasteiger partial charge in [0.25, 0.3) is 10.0 Å². The van der Waals surface area contributed by atoms with Gasteiger partial charge in [-0.3, -0.25) is 13.9 Å². The Morgan fingerprint density at radius 1 is 0.903 bits per heavy atom. The number of anilines is 1. The summed E-state index contributed by atoms with van der Waals surface area (Å²) in [6.07, 6.45) is 0. The van der Waals surface area contributed by atoms with E-state index < -0.39 is 10.0 Å². The minimum atomic E-state index is -3.85. The van der Waals surface area contributed by atoms with Crippen LogP contribution in [0.15, 0.2) is 80.1 Å². The van der Waals surface area contributed by atoms with Crippen LogP contribution in [0.25, 0.3) is 11.0 Å². The number of imidazole rings is 1. The van der Waals surface area contributed by atoms with Crippen LogP contribution in [-0.2, 0) is 24.1 Å². The Hall–Kier alpha value is -2.68. The molecule has 1 heterocycles. The van der Waals surface area contributed by atoms with E-state index in [2.05, 4.69) is 4.72 Å². The van der Waals surface area contributed by atoms with Crippen molar-refractivity contribution in [3.63, 3.8) is 0 Å². The number of halogens is 1. The van der Waals surface area contributed by atoms with Crippen LogP contribution >= 0.6 is 23.4 Å². The minimum Gasteiger partial charge on any atom is -0.295 e. The topological polar surface area (TPSA) is 73.1 Å². The molecule has 0 aliphatic rings. The summed E-state index contributed by atoms with van der Waals surface area (Å²) in [5.74, 6) is 0. The molecule has 6 nitrogen and oxygen atoms in total. The van der Waals surface area contributed by atoms with E-state index in [-0.39, 0.29) is 10.6 Å². The molecule has 1 aromatic heterocycles. The lowest BCUT2D eigenvalue weighted by atomic mass is 10.2. The van der Waals surface area contributed by atoms with Crippen molar-refractivity contribution in [2.24, 2.45) is 14.1 Å². The Morgan fingerprint density at radius 3 is 2.10 bits per heavy atom. The number of hydrogen-bond acceptors (Lipinski definition) is 4. The number of benzene rings is 3. The highest BCUT2D eigenvalue weighted by atomic mass is 35.5. The molecule has 0 amide bonds. The van der Waals surface area contributed by atoms with Crippen molar-refractivity contribution >= 4 is 50.1 Å². The molecule has 0 fully saturated rings. The van der Waals surface area contributed by atoms with Gasteiger partial charge < -0.3 is 0 Å². The summed E-state index contributed by atoms with van der Waals surface area (Å²) in [7, 11) is -0.494. The molecule has 4 rings (SSSR count). The zero-order valence-corrected chi connectivity index (χ0v) is 19.5. The molecule has 0 aliphatic carbocycles. The third-order valence-electron chi connectivity index (χ3n) is 4.99. The molecule has 0 aliphatic heterocycles. The standard InChI is InChI=1S/C22H20ClN3O3S2/c1-14-4-8-16(9-5-14)30-21-13-20-19(25(2)22(27)26(20)3)12-18(21)24-31(28,29)17-10-6-15(23)7-11-17/h4-13,24H,1-3H3. The van der Waals surface area contributed by atoms with E-state index in [9.17, 15) is 13.2 Å². The van der Waals surface area contributed by atoms with Crippen LogP contribution in [0, 0.1) is 6.92 Å². The number of hydrogen-bond donors (Lipinski definition) is 1. The van der Waals surface area contributed by atoms with Gasteiger partial charge in [0.1, 0.15) is 0 Å². The number of nitrogens with zero attached hydrogens (tertiary/aromatic N) is 2. The highest BCUT2D eigenvalue weighted by Gasteiger charge is 2.19. The van der Waals surface area contributed by atoms with Crippen molar-refractivity contribution in [3.05, 3.63) is 81.7 Å². The Balaban J connectivity index is 1.85. The number of rotatable bonds is 5. The normalized spacial score (nSPS) is 11.7. The summed E-state index contributed by atoms with van der Waals surface area (Å²) < 4.78 is 31.8. The van der Waals surface area contributed by atoms with Gasteiger partial charge in [0, 0.05) is 28.9 Å². The number of aromatic nitrogens is 2. The lowest BCUT2D eigenvalue weighted by Gasteiger charge is -2.14. The first-order valence-electron chi connectivity index (χ1n) is 9.38. The smallest absolute Gasteiger partial charge is 0.295 e. The minimum absolute atomic E-state index is 0.102. The number of fused-ring (bicyclic) bond motifs is 1. The Morgan fingerprint density at radius 2 is 1.48 bits per heavy atom. The van der Waals surface area contributed by atoms with Crippen molar-refractivity contribution in [3.8, 4) is 0 Å². The Labute approximate surface area is 189 Å². The highest BCUT2D eigenvalue weighted by Crippen LogP contribution is 2.37. The second-order valence-electron chi connectivity index (χ2n) is 7.21. The third kappa shape index (κ3) is 4.23. The summed E-state index contributed by atoms with van der Waals surface area (Å²) >= 11 is 7.32. The molecular formula is C22H20ClN3O3S2. The summed E-state index contributed by atoms with van der Waals surface area (Å²) in [4.78, 5) is 14.2. The van der Waals surface area contributed by atoms with Gasteiger partial charge in [-0.15, -0.1) is 0 Å². The van der Waals surface area contributed by atoms with E-state index in [4.69, 9.17) is 11.6 Å². The zero-order valence-electron chi connectivity index (χ0n) is 17.1. The summed E-state index contributed by atoms with van der Waals surface area (Å²) in [6.45, 7) is 2.01. The molecule has 0 radical (unpaired) electrons. The first kappa shape index (κ1) is 21.5. The third-order valence-corrected chi connectivity index (χ3v) is 7.69. The fourth-order valence-electron chi connectivity index (χ4n) is 3.24. The molecule has 0 spiro atoms. The van der Waals surface area contributed by atoms with Crippen LogP contribution in [0.1, 0.15) is 5.56 Å². The quantitative estimate of drug-likeness (QED) is 0.452. The highest BCUT2D eigenvalue weighted by molar-refractivity contribution is 7.99. The maximum absolute atomic E-state index is 13.0. The van der Waals surface area contributed by atoms with Gasteiger partial charge in [-0.25, -0.2) is 13.2 Å². The maximum Gasteiger partial charge on any atom is 0.328 e. The predicted octanol–water partition coefficient (Wildman–Crippen LogP) is 4.79. The van der Waals surface area contributed by atoms with Gasteiger partial charge in [0.15, 0.2) is 0 Å². The maximum atomic E-state index is 13.0. The molecule has 4 aromatic rings. The molecule has 0 saturated carbocycles. The zero-order chi connectivity index (χ0) is 22.3.